The van der Waals surface area contributed by atoms with E-state index in [0.29, 0.717) is 12.2 Å². The Bertz CT molecular complexity index is 725. The van der Waals surface area contributed by atoms with Crippen LogP contribution in [0.5, 0.6) is 0 Å². The van der Waals surface area contributed by atoms with Gasteiger partial charge in [-0.1, -0.05) is 36.4 Å². The second-order valence-corrected chi connectivity index (χ2v) is 5.42. The van der Waals surface area contributed by atoms with Gasteiger partial charge in [0, 0.05) is 6.42 Å². The highest BCUT2D eigenvalue weighted by Crippen LogP contribution is 2.25. The van der Waals surface area contributed by atoms with Gasteiger partial charge < -0.3 is 5.11 Å². The molecular formula is C14H12N4O2S. The summed E-state index contributed by atoms with van der Waals surface area (Å²) in [6.07, 6.45) is 0.333. The number of aliphatic carboxylic acids is 1. The van der Waals surface area contributed by atoms with Crippen LogP contribution in [0.1, 0.15) is 11.6 Å². The monoisotopic (exact) mass is 300 g/mol. The number of hydrogen-bond acceptors (Lipinski definition) is 5. The molecule has 0 aliphatic heterocycles. The lowest BCUT2D eigenvalue weighted by molar-refractivity contribution is -0.141. The Labute approximate surface area is 124 Å². The van der Waals surface area contributed by atoms with Gasteiger partial charge in [-0.05, 0) is 27.4 Å². The first-order chi connectivity index (χ1) is 10.3. The molecule has 0 spiro atoms. The molecule has 7 heteroatoms. The van der Waals surface area contributed by atoms with Crippen molar-refractivity contribution in [1.82, 2.24) is 20.2 Å². The molecule has 3 rings (SSSR count). The molecule has 0 aliphatic carbocycles. The summed E-state index contributed by atoms with van der Waals surface area (Å²) in [5.41, 5.74) is 0.928. The van der Waals surface area contributed by atoms with E-state index < -0.39 is 12.0 Å². The number of carboxylic acid groups (broad SMARTS) is 1. The molecule has 1 aromatic carbocycles. The fourth-order valence-corrected chi connectivity index (χ4v) is 2.79. The fourth-order valence-electron chi connectivity index (χ4n) is 2.09. The van der Waals surface area contributed by atoms with Gasteiger partial charge in [0.15, 0.2) is 11.9 Å². The van der Waals surface area contributed by atoms with E-state index in [1.54, 1.807) is 0 Å². The van der Waals surface area contributed by atoms with Gasteiger partial charge in [0.2, 0.25) is 0 Å². The van der Waals surface area contributed by atoms with E-state index in [2.05, 4.69) is 15.5 Å². The van der Waals surface area contributed by atoms with Crippen LogP contribution in [0.4, 0.5) is 0 Å². The molecule has 2 aromatic heterocycles. The van der Waals surface area contributed by atoms with Gasteiger partial charge in [-0.15, -0.1) is 16.4 Å². The first kappa shape index (κ1) is 13.4. The Hall–Kier alpha value is -2.54. The van der Waals surface area contributed by atoms with E-state index in [1.165, 1.54) is 16.0 Å². The van der Waals surface area contributed by atoms with Crippen LogP contribution < -0.4 is 0 Å². The van der Waals surface area contributed by atoms with E-state index in [9.17, 15) is 9.90 Å². The predicted octanol–water partition coefficient (Wildman–Crippen LogP) is 2.27. The number of tetrazole rings is 1. The standard InChI is InChI=1S/C14H12N4O2S/c19-14(20)11(9-10-5-2-1-3-6-10)18-13(15-16-17-18)12-7-4-8-21-12/h1-8,11H,9H2,(H,19,20). The second kappa shape index (κ2) is 5.84. The summed E-state index contributed by atoms with van der Waals surface area (Å²) in [5.74, 6) is -0.475. The molecule has 21 heavy (non-hydrogen) atoms. The number of hydrogen-bond donors (Lipinski definition) is 1. The van der Waals surface area contributed by atoms with Crippen LogP contribution >= 0.6 is 11.3 Å². The van der Waals surface area contributed by atoms with Crippen LogP contribution in [0.25, 0.3) is 10.7 Å². The molecule has 6 nitrogen and oxygen atoms in total. The second-order valence-electron chi connectivity index (χ2n) is 4.47. The largest absolute Gasteiger partial charge is 0.480 e. The Morgan fingerprint density at radius 3 is 2.71 bits per heavy atom. The summed E-state index contributed by atoms with van der Waals surface area (Å²) < 4.78 is 1.38. The number of benzene rings is 1. The van der Waals surface area contributed by atoms with Crippen molar-refractivity contribution in [3.8, 4) is 10.7 Å². The summed E-state index contributed by atoms with van der Waals surface area (Å²) in [7, 11) is 0. The van der Waals surface area contributed by atoms with Crippen LogP contribution in [0.15, 0.2) is 47.8 Å². The third kappa shape index (κ3) is 2.82. The predicted molar refractivity (Wildman–Crippen MR) is 77.9 cm³/mol. The molecular weight excluding hydrogens is 288 g/mol. The average molecular weight is 300 g/mol. The first-order valence-corrected chi connectivity index (χ1v) is 7.22. The van der Waals surface area contributed by atoms with Gasteiger partial charge >= 0.3 is 5.97 Å². The maximum absolute atomic E-state index is 11.6. The molecule has 0 fully saturated rings. The lowest BCUT2D eigenvalue weighted by atomic mass is 10.1. The highest BCUT2D eigenvalue weighted by atomic mass is 32.1. The minimum Gasteiger partial charge on any atom is -0.480 e. The van der Waals surface area contributed by atoms with Gasteiger partial charge in [0.05, 0.1) is 4.88 Å². The molecule has 0 radical (unpaired) electrons. The SMILES string of the molecule is O=C(O)C(Cc1ccccc1)n1nnnc1-c1cccs1. The third-order valence-corrected chi connectivity index (χ3v) is 3.95. The van der Waals surface area contributed by atoms with Gasteiger partial charge in [-0.25, -0.2) is 9.48 Å². The Morgan fingerprint density at radius 2 is 2.05 bits per heavy atom. The molecule has 1 N–H and O–H groups in total. The first-order valence-electron chi connectivity index (χ1n) is 6.34. The molecule has 0 aliphatic rings. The van der Waals surface area contributed by atoms with Gasteiger partial charge in [0.1, 0.15) is 0 Å². The van der Waals surface area contributed by atoms with Crippen LogP contribution in [0.3, 0.4) is 0 Å². The van der Waals surface area contributed by atoms with Crippen LogP contribution in [0.2, 0.25) is 0 Å². The fraction of sp³-hybridized carbons (Fsp3) is 0.143. The lowest BCUT2D eigenvalue weighted by Gasteiger charge is -2.13. The minimum absolute atomic E-state index is 0.333. The summed E-state index contributed by atoms with van der Waals surface area (Å²) >= 11 is 1.47. The van der Waals surface area contributed by atoms with Crippen LogP contribution in [-0.2, 0) is 11.2 Å². The van der Waals surface area contributed by atoms with Gasteiger partial charge in [-0.2, -0.15) is 0 Å². The molecule has 3 aromatic rings. The van der Waals surface area contributed by atoms with E-state index in [0.717, 1.165) is 10.4 Å². The number of nitrogens with zero attached hydrogens (tertiary/aromatic N) is 4. The van der Waals surface area contributed by atoms with Gasteiger partial charge in [0.25, 0.3) is 0 Å². The van der Waals surface area contributed by atoms with Crippen molar-refractivity contribution >= 4 is 17.3 Å². The molecule has 0 bridgehead atoms. The molecule has 0 saturated heterocycles. The van der Waals surface area contributed by atoms with Crippen molar-refractivity contribution in [2.45, 2.75) is 12.5 Å². The minimum atomic E-state index is -0.955. The normalized spacial score (nSPS) is 12.2. The van der Waals surface area contributed by atoms with E-state index in [4.69, 9.17) is 0 Å². The molecule has 2 heterocycles. The quantitative estimate of drug-likeness (QED) is 0.781. The number of carboxylic acids is 1. The third-order valence-electron chi connectivity index (χ3n) is 3.09. The van der Waals surface area contributed by atoms with Crippen molar-refractivity contribution < 1.29 is 9.90 Å². The summed E-state index contributed by atoms with van der Waals surface area (Å²) in [4.78, 5) is 12.5. The molecule has 0 saturated carbocycles. The summed E-state index contributed by atoms with van der Waals surface area (Å²) in [6.45, 7) is 0. The highest BCUT2D eigenvalue weighted by Gasteiger charge is 2.25. The van der Waals surface area contributed by atoms with E-state index in [-0.39, 0.29) is 0 Å². The van der Waals surface area contributed by atoms with E-state index in [1.807, 2.05) is 47.8 Å². The summed E-state index contributed by atoms with van der Waals surface area (Å²) in [6, 6.07) is 12.4. The maximum Gasteiger partial charge on any atom is 0.329 e. The molecule has 1 unspecified atom stereocenters. The Kier molecular flexibility index (Phi) is 3.74. The van der Waals surface area contributed by atoms with Crippen molar-refractivity contribution in [3.63, 3.8) is 0 Å². The average Bonchev–Trinajstić information content (AvgIpc) is 3.16. The zero-order valence-electron chi connectivity index (χ0n) is 11.0. The topological polar surface area (TPSA) is 80.9 Å². The van der Waals surface area contributed by atoms with Crippen molar-refractivity contribution in [2.75, 3.05) is 0 Å². The smallest absolute Gasteiger partial charge is 0.329 e. The van der Waals surface area contributed by atoms with Crippen molar-refractivity contribution in [1.29, 1.82) is 0 Å². The molecule has 106 valence electrons. The van der Waals surface area contributed by atoms with Crippen LogP contribution in [0, 0.1) is 0 Å². The van der Waals surface area contributed by atoms with Crippen LogP contribution in [-0.4, -0.2) is 31.3 Å². The van der Waals surface area contributed by atoms with Gasteiger partial charge in [-0.3, -0.25) is 0 Å². The van der Waals surface area contributed by atoms with Crippen molar-refractivity contribution in [2.24, 2.45) is 0 Å². The van der Waals surface area contributed by atoms with Crippen molar-refractivity contribution in [3.05, 3.63) is 53.4 Å². The zero-order valence-corrected chi connectivity index (χ0v) is 11.8. The summed E-state index contributed by atoms with van der Waals surface area (Å²) in [5, 5.41) is 22.9. The lowest BCUT2D eigenvalue weighted by Crippen LogP contribution is -2.23. The Morgan fingerprint density at radius 1 is 1.24 bits per heavy atom. The van der Waals surface area contributed by atoms with E-state index >= 15 is 0 Å². The molecule has 1 atom stereocenters. The number of rotatable bonds is 5. The zero-order chi connectivity index (χ0) is 14.7. The number of aromatic nitrogens is 4. The maximum atomic E-state index is 11.6. The number of thiophene rings is 1. The Balaban J connectivity index is 1.96. The highest BCUT2D eigenvalue weighted by molar-refractivity contribution is 7.13. The molecule has 0 amide bonds. The number of carbonyl (C=O) groups is 1.